The number of sulfonamides is 1. The van der Waals surface area contributed by atoms with Crippen molar-refractivity contribution in [3.63, 3.8) is 0 Å². The molecule has 0 spiro atoms. The van der Waals surface area contributed by atoms with Crippen LogP contribution in [-0.4, -0.2) is 33.0 Å². The molecular formula is C15H24ClN3O2S2. The van der Waals surface area contributed by atoms with E-state index in [0.717, 1.165) is 15.2 Å². The van der Waals surface area contributed by atoms with Crippen molar-refractivity contribution < 1.29 is 8.42 Å². The van der Waals surface area contributed by atoms with E-state index in [-0.39, 0.29) is 28.8 Å². The average molecular weight is 378 g/mol. The Morgan fingerprint density at radius 3 is 2.52 bits per heavy atom. The minimum absolute atomic E-state index is 0. The minimum Gasteiger partial charge on any atom is -0.316 e. The molecular weight excluding hydrogens is 354 g/mol. The summed E-state index contributed by atoms with van der Waals surface area (Å²) in [5, 5.41) is 4.01. The van der Waals surface area contributed by atoms with Crippen LogP contribution in [0.5, 0.6) is 0 Å². The zero-order chi connectivity index (χ0) is 16.5. The van der Waals surface area contributed by atoms with Crippen molar-refractivity contribution in [3.8, 4) is 0 Å². The first-order valence-corrected chi connectivity index (χ1v) is 9.51. The van der Waals surface area contributed by atoms with E-state index in [1.165, 1.54) is 0 Å². The fourth-order valence-corrected chi connectivity index (χ4v) is 4.11. The summed E-state index contributed by atoms with van der Waals surface area (Å²) in [6.07, 6.45) is 0. The highest BCUT2D eigenvalue weighted by molar-refractivity contribution is 7.89. The number of hydrogen-bond acceptors (Lipinski definition) is 5. The summed E-state index contributed by atoms with van der Waals surface area (Å²) in [4.78, 5) is 4.87. The third-order valence-corrected chi connectivity index (χ3v) is 6.25. The highest BCUT2D eigenvalue weighted by Crippen LogP contribution is 2.32. The Morgan fingerprint density at radius 2 is 1.96 bits per heavy atom. The van der Waals surface area contributed by atoms with Crippen molar-refractivity contribution in [3.05, 3.63) is 23.2 Å². The molecule has 0 aliphatic carbocycles. The van der Waals surface area contributed by atoms with Gasteiger partial charge in [0.2, 0.25) is 10.0 Å². The lowest BCUT2D eigenvalue weighted by Crippen LogP contribution is -2.37. The number of nitrogens with zero attached hydrogens (tertiary/aromatic N) is 1. The van der Waals surface area contributed by atoms with E-state index >= 15 is 0 Å². The number of benzene rings is 1. The Balaban J connectivity index is 0.00000264. The van der Waals surface area contributed by atoms with Crippen molar-refractivity contribution in [2.45, 2.75) is 44.0 Å². The Hall–Kier alpha value is -0.730. The lowest BCUT2D eigenvalue weighted by atomic mass is 9.98. The molecule has 130 valence electrons. The lowest BCUT2D eigenvalue weighted by molar-refractivity contribution is 0.554. The fraction of sp³-hybridized carbons (Fsp3) is 0.533. The maximum atomic E-state index is 12.3. The van der Waals surface area contributed by atoms with Gasteiger partial charge in [0.05, 0.1) is 20.1 Å². The molecule has 8 heteroatoms. The molecule has 0 aliphatic rings. The largest absolute Gasteiger partial charge is 0.316 e. The smallest absolute Gasteiger partial charge is 0.240 e. The van der Waals surface area contributed by atoms with Gasteiger partial charge >= 0.3 is 0 Å². The molecule has 0 saturated carbocycles. The lowest BCUT2D eigenvalue weighted by Gasteiger charge is -2.13. The molecule has 1 unspecified atom stereocenters. The molecule has 0 saturated heterocycles. The van der Waals surface area contributed by atoms with Crippen LogP contribution in [0.1, 0.15) is 32.7 Å². The topological polar surface area (TPSA) is 71.1 Å². The van der Waals surface area contributed by atoms with E-state index in [9.17, 15) is 8.42 Å². The average Bonchev–Trinajstić information content (AvgIpc) is 2.87. The van der Waals surface area contributed by atoms with Crippen molar-refractivity contribution in [1.29, 1.82) is 0 Å². The Morgan fingerprint density at radius 1 is 1.30 bits per heavy atom. The maximum Gasteiger partial charge on any atom is 0.240 e. The summed E-state index contributed by atoms with van der Waals surface area (Å²) in [5.74, 6) is 0. The second kappa shape index (κ2) is 7.44. The molecule has 0 bridgehead atoms. The molecule has 0 radical (unpaired) electrons. The van der Waals surface area contributed by atoms with Gasteiger partial charge < -0.3 is 5.32 Å². The molecule has 0 amide bonds. The molecule has 1 atom stereocenters. The number of likely N-dealkylation sites (N-methyl/N-ethyl adjacent to an activating group) is 1. The molecule has 5 nitrogen and oxygen atoms in total. The zero-order valence-corrected chi connectivity index (χ0v) is 16.5. The van der Waals surface area contributed by atoms with Crippen molar-refractivity contribution in [1.82, 2.24) is 15.0 Å². The van der Waals surface area contributed by atoms with Crippen molar-refractivity contribution in [2.75, 3.05) is 13.6 Å². The van der Waals surface area contributed by atoms with E-state index in [4.69, 9.17) is 0 Å². The van der Waals surface area contributed by atoms with Crippen LogP contribution in [0.2, 0.25) is 0 Å². The van der Waals surface area contributed by atoms with E-state index in [1.807, 2.05) is 6.92 Å². The number of aromatic nitrogens is 1. The predicted molar refractivity (Wildman–Crippen MR) is 99.3 cm³/mol. The van der Waals surface area contributed by atoms with Gasteiger partial charge in [-0.15, -0.1) is 23.7 Å². The Kier molecular flexibility index (Phi) is 6.57. The normalized spacial score (nSPS) is 13.8. The van der Waals surface area contributed by atoms with Gasteiger partial charge in [-0.25, -0.2) is 18.1 Å². The van der Waals surface area contributed by atoms with Crippen LogP contribution in [0.25, 0.3) is 10.2 Å². The van der Waals surface area contributed by atoms with E-state index in [1.54, 1.807) is 36.6 Å². The molecule has 0 aliphatic heterocycles. The second-order valence-electron chi connectivity index (χ2n) is 6.44. The first kappa shape index (κ1) is 20.3. The number of fused-ring (bicyclic) bond motifs is 1. The van der Waals surface area contributed by atoms with Crippen LogP contribution < -0.4 is 10.0 Å². The van der Waals surface area contributed by atoms with Crippen LogP contribution in [0.15, 0.2) is 23.1 Å². The van der Waals surface area contributed by atoms with E-state index in [2.05, 4.69) is 35.8 Å². The summed E-state index contributed by atoms with van der Waals surface area (Å²) in [7, 11) is -1.69. The van der Waals surface area contributed by atoms with Crippen LogP contribution in [0, 0.1) is 0 Å². The van der Waals surface area contributed by atoms with Gasteiger partial charge in [-0.3, -0.25) is 0 Å². The Bertz CT molecular complexity index is 767. The maximum absolute atomic E-state index is 12.3. The number of hydrogen-bond donors (Lipinski definition) is 2. The first-order chi connectivity index (χ1) is 10.1. The highest BCUT2D eigenvalue weighted by atomic mass is 35.5. The SMILES string of the molecule is CNC(C)CNS(=O)(=O)c1ccc2nc(C(C)(C)C)sc2c1.Cl. The molecule has 1 heterocycles. The van der Waals surface area contributed by atoms with Crippen LogP contribution in [0.3, 0.4) is 0 Å². The van der Waals surface area contributed by atoms with Gasteiger partial charge in [0.25, 0.3) is 0 Å². The summed E-state index contributed by atoms with van der Waals surface area (Å²) in [5.41, 5.74) is 0.806. The van der Waals surface area contributed by atoms with Gasteiger partial charge in [0, 0.05) is 18.0 Å². The predicted octanol–water partition coefficient (Wildman–Crippen LogP) is 2.90. The third-order valence-electron chi connectivity index (χ3n) is 3.38. The molecule has 2 aromatic rings. The molecule has 1 aromatic carbocycles. The highest BCUT2D eigenvalue weighted by Gasteiger charge is 2.20. The monoisotopic (exact) mass is 377 g/mol. The van der Waals surface area contributed by atoms with Gasteiger partial charge in [0.15, 0.2) is 0 Å². The number of nitrogens with one attached hydrogen (secondary N) is 2. The summed E-state index contributed by atoms with van der Waals surface area (Å²) in [6.45, 7) is 8.58. The summed E-state index contributed by atoms with van der Waals surface area (Å²) >= 11 is 1.55. The zero-order valence-electron chi connectivity index (χ0n) is 14.0. The Labute approximate surface area is 148 Å². The van der Waals surface area contributed by atoms with Crippen molar-refractivity contribution in [2.24, 2.45) is 0 Å². The molecule has 23 heavy (non-hydrogen) atoms. The quantitative estimate of drug-likeness (QED) is 0.840. The standard InChI is InChI=1S/C15H23N3O2S2.ClH/c1-10(16-5)9-17-22(19,20)11-6-7-12-13(8-11)21-14(18-12)15(2,3)4;/h6-8,10,16-17H,9H2,1-5H3;1H. The molecule has 1 aromatic heterocycles. The molecule has 2 N–H and O–H groups in total. The second-order valence-corrected chi connectivity index (χ2v) is 9.24. The number of halogens is 1. The van der Waals surface area contributed by atoms with E-state index in [0.29, 0.717) is 6.54 Å². The third kappa shape index (κ3) is 4.87. The number of rotatable bonds is 5. The minimum atomic E-state index is -3.49. The van der Waals surface area contributed by atoms with Gasteiger partial charge in [0.1, 0.15) is 0 Å². The van der Waals surface area contributed by atoms with Crippen LogP contribution in [-0.2, 0) is 15.4 Å². The summed E-state index contributed by atoms with van der Waals surface area (Å²) in [6, 6.07) is 5.17. The van der Waals surface area contributed by atoms with Gasteiger partial charge in [-0.2, -0.15) is 0 Å². The first-order valence-electron chi connectivity index (χ1n) is 7.21. The van der Waals surface area contributed by atoms with E-state index < -0.39 is 10.0 Å². The van der Waals surface area contributed by atoms with Crippen LogP contribution in [0.4, 0.5) is 0 Å². The molecule has 2 rings (SSSR count). The van der Waals surface area contributed by atoms with Crippen LogP contribution >= 0.6 is 23.7 Å². The van der Waals surface area contributed by atoms with Crippen molar-refractivity contribution >= 4 is 44.0 Å². The molecule has 0 fully saturated rings. The fourth-order valence-electron chi connectivity index (χ4n) is 1.81. The van der Waals surface area contributed by atoms with Gasteiger partial charge in [-0.1, -0.05) is 20.8 Å². The van der Waals surface area contributed by atoms with Gasteiger partial charge in [-0.05, 0) is 32.2 Å². The summed E-state index contributed by atoms with van der Waals surface area (Å²) < 4.78 is 28.2. The number of thiazole rings is 1.